The highest BCUT2D eigenvalue weighted by Crippen LogP contribution is 2.30. The molecule has 1 atom stereocenters. The number of carbonyl (C=O) groups excluding carboxylic acids is 1. The second-order valence-corrected chi connectivity index (χ2v) is 6.34. The highest BCUT2D eigenvalue weighted by molar-refractivity contribution is 7.10. The molecule has 1 aromatic carbocycles. The topological polar surface area (TPSA) is 41.1 Å². The van der Waals surface area contributed by atoms with Gasteiger partial charge >= 0.3 is 0 Å². The summed E-state index contributed by atoms with van der Waals surface area (Å²) in [5.74, 6) is 0.539. The molecule has 0 aliphatic heterocycles. The summed E-state index contributed by atoms with van der Waals surface area (Å²) in [6.45, 7) is 6.28. The second-order valence-electron chi connectivity index (χ2n) is 5.36. The van der Waals surface area contributed by atoms with Crippen molar-refractivity contribution in [1.82, 2.24) is 0 Å². The van der Waals surface area contributed by atoms with E-state index in [1.807, 2.05) is 31.2 Å². The third-order valence-corrected chi connectivity index (χ3v) is 4.28. The Bertz CT molecular complexity index is 561. The zero-order valence-electron chi connectivity index (χ0n) is 12.7. The van der Waals surface area contributed by atoms with Crippen LogP contribution in [0.5, 0.6) is 0 Å². The van der Waals surface area contributed by atoms with E-state index in [1.165, 1.54) is 4.88 Å². The van der Waals surface area contributed by atoms with Crippen molar-refractivity contribution in [1.29, 1.82) is 0 Å². The maximum Gasteiger partial charge on any atom is 0.224 e. The lowest BCUT2D eigenvalue weighted by Gasteiger charge is -2.22. The number of hydrogen-bond acceptors (Lipinski definition) is 3. The Hall–Kier alpha value is -1.81. The van der Waals surface area contributed by atoms with Crippen molar-refractivity contribution in [2.45, 2.75) is 33.2 Å². The number of amides is 1. The Kier molecular flexibility index (Phi) is 5.39. The van der Waals surface area contributed by atoms with Crippen LogP contribution in [0.1, 0.15) is 38.1 Å². The summed E-state index contributed by atoms with van der Waals surface area (Å²) in [5.41, 5.74) is 1.90. The maximum absolute atomic E-state index is 11.4. The lowest BCUT2D eigenvalue weighted by Crippen LogP contribution is -2.15. The molecule has 2 rings (SSSR count). The molecule has 0 spiro atoms. The molecule has 0 saturated carbocycles. The van der Waals surface area contributed by atoms with Crippen molar-refractivity contribution in [3.05, 3.63) is 46.7 Å². The molecule has 4 heteroatoms. The number of anilines is 2. The summed E-state index contributed by atoms with van der Waals surface area (Å²) in [5, 5.41) is 8.54. The predicted octanol–water partition coefficient (Wildman–Crippen LogP) is 4.91. The van der Waals surface area contributed by atoms with E-state index < -0.39 is 0 Å². The second kappa shape index (κ2) is 7.27. The normalized spacial score (nSPS) is 12.2. The summed E-state index contributed by atoms with van der Waals surface area (Å²) in [7, 11) is 0. The molecule has 0 aliphatic rings. The monoisotopic (exact) mass is 302 g/mol. The summed E-state index contributed by atoms with van der Waals surface area (Å²) in [6.07, 6.45) is 0.494. The van der Waals surface area contributed by atoms with Crippen molar-refractivity contribution < 1.29 is 4.79 Å². The minimum absolute atomic E-state index is 0.0364. The maximum atomic E-state index is 11.4. The van der Waals surface area contributed by atoms with Crippen LogP contribution in [0.2, 0.25) is 0 Å². The lowest BCUT2D eigenvalue weighted by molar-refractivity contribution is -0.115. The summed E-state index contributed by atoms with van der Waals surface area (Å²) >= 11 is 1.77. The summed E-state index contributed by atoms with van der Waals surface area (Å²) in [6, 6.07) is 12.4. The van der Waals surface area contributed by atoms with E-state index in [0.29, 0.717) is 18.4 Å². The standard InChI is InChI=1S/C17H22N2OS/c1-4-16(20)18-13-7-9-14(10-8-13)19-17(12(2)3)15-6-5-11-21-15/h5-12,17,19H,4H2,1-3H3,(H,18,20). The van der Waals surface area contributed by atoms with E-state index in [-0.39, 0.29) is 5.91 Å². The van der Waals surface area contributed by atoms with E-state index in [4.69, 9.17) is 0 Å². The molecular formula is C17H22N2OS. The minimum atomic E-state index is 0.0364. The molecule has 2 N–H and O–H groups in total. The van der Waals surface area contributed by atoms with Gasteiger partial charge < -0.3 is 10.6 Å². The van der Waals surface area contributed by atoms with Crippen LogP contribution in [-0.4, -0.2) is 5.91 Å². The number of benzene rings is 1. The lowest BCUT2D eigenvalue weighted by atomic mass is 10.0. The largest absolute Gasteiger partial charge is 0.377 e. The molecule has 0 saturated heterocycles. The van der Waals surface area contributed by atoms with E-state index in [9.17, 15) is 4.79 Å². The smallest absolute Gasteiger partial charge is 0.224 e. The molecule has 0 radical (unpaired) electrons. The van der Waals surface area contributed by atoms with Gasteiger partial charge in [-0.25, -0.2) is 0 Å². The molecule has 0 fully saturated rings. The molecule has 1 heterocycles. The van der Waals surface area contributed by atoms with Crippen LogP contribution in [0.4, 0.5) is 11.4 Å². The molecule has 0 bridgehead atoms. The third kappa shape index (κ3) is 4.33. The Morgan fingerprint density at radius 2 is 1.81 bits per heavy atom. The summed E-state index contributed by atoms with van der Waals surface area (Å²) in [4.78, 5) is 12.7. The van der Waals surface area contributed by atoms with Crippen LogP contribution in [-0.2, 0) is 4.79 Å². The Balaban J connectivity index is 2.06. The molecule has 1 amide bonds. The fourth-order valence-electron chi connectivity index (χ4n) is 2.11. The zero-order chi connectivity index (χ0) is 15.2. The van der Waals surface area contributed by atoms with Crippen LogP contribution in [0.15, 0.2) is 41.8 Å². The molecule has 2 aromatic rings. The summed E-state index contributed by atoms with van der Waals surface area (Å²) < 4.78 is 0. The highest BCUT2D eigenvalue weighted by Gasteiger charge is 2.16. The van der Waals surface area contributed by atoms with Gasteiger partial charge in [-0.2, -0.15) is 0 Å². The molecule has 1 aromatic heterocycles. The van der Waals surface area contributed by atoms with Gasteiger partial charge in [0.15, 0.2) is 0 Å². The first-order valence-electron chi connectivity index (χ1n) is 7.30. The van der Waals surface area contributed by atoms with Gasteiger partial charge in [0.25, 0.3) is 0 Å². The predicted molar refractivity (Wildman–Crippen MR) is 90.9 cm³/mol. The first-order chi connectivity index (χ1) is 10.1. The number of carbonyl (C=O) groups is 1. The van der Waals surface area contributed by atoms with Crippen molar-refractivity contribution in [3.63, 3.8) is 0 Å². The highest BCUT2D eigenvalue weighted by atomic mass is 32.1. The fraction of sp³-hybridized carbons (Fsp3) is 0.353. The first-order valence-corrected chi connectivity index (χ1v) is 8.18. The molecule has 21 heavy (non-hydrogen) atoms. The van der Waals surface area contributed by atoms with Crippen LogP contribution in [0.3, 0.4) is 0 Å². The van der Waals surface area contributed by atoms with Gasteiger partial charge in [0.05, 0.1) is 6.04 Å². The van der Waals surface area contributed by atoms with Crippen LogP contribution >= 0.6 is 11.3 Å². The zero-order valence-corrected chi connectivity index (χ0v) is 13.5. The first kappa shape index (κ1) is 15.6. The molecule has 3 nitrogen and oxygen atoms in total. The van der Waals surface area contributed by atoms with Crippen molar-refractivity contribution >= 4 is 28.6 Å². The van der Waals surface area contributed by atoms with Crippen molar-refractivity contribution in [2.24, 2.45) is 5.92 Å². The molecule has 1 unspecified atom stereocenters. The number of thiophene rings is 1. The van der Waals surface area contributed by atoms with Gasteiger partial charge in [0, 0.05) is 22.7 Å². The van der Waals surface area contributed by atoms with Crippen molar-refractivity contribution in [2.75, 3.05) is 10.6 Å². The van der Waals surface area contributed by atoms with E-state index in [1.54, 1.807) is 11.3 Å². The minimum Gasteiger partial charge on any atom is -0.377 e. The number of hydrogen-bond donors (Lipinski definition) is 2. The quantitative estimate of drug-likeness (QED) is 0.796. The van der Waals surface area contributed by atoms with Gasteiger partial charge in [-0.1, -0.05) is 26.8 Å². The van der Waals surface area contributed by atoms with Gasteiger partial charge in [-0.05, 0) is 41.6 Å². The molecule has 0 aliphatic carbocycles. The van der Waals surface area contributed by atoms with Gasteiger partial charge in [-0.3, -0.25) is 4.79 Å². The Labute approximate surface area is 130 Å². The average Bonchev–Trinajstić information content (AvgIpc) is 2.99. The fourth-order valence-corrected chi connectivity index (χ4v) is 3.06. The van der Waals surface area contributed by atoms with Gasteiger partial charge in [0.1, 0.15) is 0 Å². The Morgan fingerprint density at radius 1 is 1.14 bits per heavy atom. The average molecular weight is 302 g/mol. The van der Waals surface area contributed by atoms with Crippen LogP contribution in [0, 0.1) is 5.92 Å². The molecular weight excluding hydrogens is 280 g/mol. The van der Waals surface area contributed by atoms with E-state index >= 15 is 0 Å². The molecule has 112 valence electrons. The number of rotatable bonds is 6. The SMILES string of the molecule is CCC(=O)Nc1ccc(NC(c2cccs2)C(C)C)cc1. The van der Waals surface area contributed by atoms with Gasteiger partial charge in [0.2, 0.25) is 5.91 Å². The Morgan fingerprint density at radius 3 is 2.33 bits per heavy atom. The third-order valence-electron chi connectivity index (χ3n) is 3.33. The van der Waals surface area contributed by atoms with Gasteiger partial charge in [-0.15, -0.1) is 11.3 Å². The van der Waals surface area contributed by atoms with Crippen LogP contribution in [0.25, 0.3) is 0 Å². The van der Waals surface area contributed by atoms with Crippen molar-refractivity contribution in [3.8, 4) is 0 Å². The van der Waals surface area contributed by atoms with E-state index in [2.05, 4.69) is 42.0 Å². The number of nitrogens with one attached hydrogen (secondary N) is 2. The van der Waals surface area contributed by atoms with Crippen LogP contribution < -0.4 is 10.6 Å². The van der Waals surface area contributed by atoms with E-state index in [0.717, 1.165) is 11.4 Å².